The number of rotatable bonds is 3. The van der Waals surface area contributed by atoms with E-state index in [1.165, 1.54) is 4.31 Å². The lowest BCUT2D eigenvalue weighted by Crippen LogP contribution is -2.52. The number of ketones is 1. The zero-order valence-electron chi connectivity index (χ0n) is 13.7. The van der Waals surface area contributed by atoms with Gasteiger partial charge in [-0.1, -0.05) is 13.0 Å². The number of sulfonamides is 1. The second kappa shape index (κ2) is 5.91. The molecule has 0 unspecified atom stereocenters. The number of fused-ring (bicyclic) bond motifs is 1. The average molecular weight is 337 g/mol. The number of nitrogens with zero attached hydrogens (tertiary/aromatic N) is 1. The first-order chi connectivity index (χ1) is 10.9. The molecule has 0 radical (unpaired) electrons. The molecule has 2 aliphatic rings. The number of Topliss-reactive ketones (excluding diaryl/α,β-unsaturated/α-hetero) is 1. The third-order valence-electron chi connectivity index (χ3n) is 4.95. The Bertz CT molecular complexity index is 718. The fraction of sp³-hybridized carbons (Fsp3) is 0.588. The highest BCUT2D eigenvalue weighted by Gasteiger charge is 2.44. The Morgan fingerprint density at radius 3 is 2.52 bits per heavy atom. The van der Waals surface area contributed by atoms with Crippen molar-refractivity contribution < 1.29 is 17.9 Å². The molecule has 1 aromatic carbocycles. The van der Waals surface area contributed by atoms with E-state index in [-0.39, 0.29) is 11.5 Å². The van der Waals surface area contributed by atoms with Crippen LogP contribution >= 0.6 is 0 Å². The summed E-state index contributed by atoms with van der Waals surface area (Å²) in [5.41, 5.74) is 1.25. The highest BCUT2D eigenvalue weighted by molar-refractivity contribution is 7.89. The van der Waals surface area contributed by atoms with E-state index in [2.05, 4.69) is 6.92 Å². The minimum Gasteiger partial charge on any atom is -0.486 e. The Hall–Kier alpha value is -1.40. The highest BCUT2D eigenvalue weighted by Crippen LogP contribution is 2.40. The van der Waals surface area contributed by atoms with Gasteiger partial charge in [-0.3, -0.25) is 4.79 Å². The molecular weight excluding hydrogens is 314 g/mol. The molecule has 0 amide bonds. The van der Waals surface area contributed by atoms with Gasteiger partial charge in [0.25, 0.3) is 0 Å². The second-order valence-corrected chi connectivity index (χ2v) is 8.63. The Labute approximate surface area is 137 Å². The predicted molar refractivity (Wildman–Crippen MR) is 88.4 cm³/mol. The molecule has 2 aliphatic heterocycles. The number of hydrogen-bond acceptors (Lipinski definition) is 4. The first-order valence-electron chi connectivity index (χ1n) is 8.22. The number of ether oxygens (including phenoxy) is 1. The van der Waals surface area contributed by atoms with Gasteiger partial charge in [-0.2, -0.15) is 0 Å². The molecule has 23 heavy (non-hydrogen) atoms. The average Bonchev–Trinajstić information content (AvgIpc) is 2.55. The molecule has 6 heteroatoms. The molecule has 1 saturated heterocycles. The van der Waals surface area contributed by atoms with Crippen LogP contribution < -0.4 is 4.74 Å². The van der Waals surface area contributed by atoms with Gasteiger partial charge < -0.3 is 4.74 Å². The first kappa shape index (κ1) is 16.5. The van der Waals surface area contributed by atoms with Crippen LogP contribution in [-0.4, -0.2) is 42.9 Å². The van der Waals surface area contributed by atoms with Crippen molar-refractivity contribution in [1.29, 1.82) is 0 Å². The van der Waals surface area contributed by atoms with Gasteiger partial charge in [0.15, 0.2) is 5.78 Å². The summed E-state index contributed by atoms with van der Waals surface area (Å²) in [6.45, 7) is 4.56. The number of carbonyl (C=O) groups is 1. The van der Waals surface area contributed by atoms with Crippen LogP contribution in [0.2, 0.25) is 0 Å². The van der Waals surface area contributed by atoms with E-state index in [9.17, 15) is 13.2 Å². The van der Waals surface area contributed by atoms with Gasteiger partial charge in [-0.05, 0) is 31.0 Å². The third kappa shape index (κ3) is 3.02. The summed E-state index contributed by atoms with van der Waals surface area (Å²) in [4.78, 5) is 12.5. The van der Waals surface area contributed by atoms with Crippen molar-refractivity contribution in [3.05, 3.63) is 29.3 Å². The quantitative estimate of drug-likeness (QED) is 0.849. The monoisotopic (exact) mass is 337 g/mol. The number of carbonyl (C=O) groups excluding carboxylic acids is 1. The van der Waals surface area contributed by atoms with Crippen molar-refractivity contribution in [2.24, 2.45) is 0 Å². The number of aryl methyl sites for hydroxylation is 1. The summed E-state index contributed by atoms with van der Waals surface area (Å²) in [6.07, 6.45) is 2.35. The molecule has 0 saturated carbocycles. The highest BCUT2D eigenvalue weighted by atomic mass is 32.2. The summed E-state index contributed by atoms with van der Waals surface area (Å²) in [5, 5.41) is 0. The van der Waals surface area contributed by atoms with Crippen molar-refractivity contribution in [2.75, 3.05) is 18.8 Å². The molecule has 1 aromatic rings. The van der Waals surface area contributed by atoms with Crippen LogP contribution in [0.15, 0.2) is 18.2 Å². The zero-order valence-corrected chi connectivity index (χ0v) is 14.5. The summed E-state index contributed by atoms with van der Waals surface area (Å²) >= 11 is 0. The van der Waals surface area contributed by atoms with Gasteiger partial charge in [-0.25, -0.2) is 12.7 Å². The van der Waals surface area contributed by atoms with E-state index in [0.717, 1.165) is 12.0 Å². The maximum atomic E-state index is 12.5. The first-order valence-corrected chi connectivity index (χ1v) is 9.83. The van der Waals surface area contributed by atoms with Crippen LogP contribution in [0.4, 0.5) is 0 Å². The van der Waals surface area contributed by atoms with Crippen LogP contribution in [0.3, 0.4) is 0 Å². The van der Waals surface area contributed by atoms with Crippen molar-refractivity contribution in [3.63, 3.8) is 0 Å². The van der Waals surface area contributed by atoms with Crippen LogP contribution in [0.1, 0.15) is 49.0 Å². The minimum atomic E-state index is -3.17. The van der Waals surface area contributed by atoms with Crippen LogP contribution in [0.25, 0.3) is 0 Å². The molecule has 2 heterocycles. The van der Waals surface area contributed by atoms with E-state index in [1.54, 1.807) is 6.92 Å². The number of hydrogen-bond donors (Lipinski definition) is 0. The fourth-order valence-corrected chi connectivity index (χ4v) is 4.50. The van der Waals surface area contributed by atoms with Crippen LogP contribution in [0, 0.1) is 0 Å². The normalized spacial score (nSPS) is 21.0. The summed E-state index contributed by atoms with van der Waals surface area (Å²) in [5.74, 6) is 0.862. The van der Waals surface area contributed by atoms with E-state index < -0.39 is 15.6 Å². The van der Waals surface area contributed by atoms with E-state index >= 15 is 0 Å². The van der Waals surface area contributed by atoms with Gasteiger partial charge in [0, 0.05) is 25.9 Å². The maximum Gasteiger partial charge on any atom is 0.213 e. The molecule has 1 fully saturated rings. The van der Waals surface area contributed by atoms with Gasteiger partial charge in [0.1, 0.15) is 11.4 Å². The molecule has 0 atom stereocenters. The Morgan fingerprint density at radius 2 is 1.91 bits per heavy atom. The molecule has 0 aromatic heterocycles. The van der Waals surface area contributed by atoms with E-state index in [0.29, 0.717) is 43.7 Å². The van der Waals surface area contributed by atoms with Crippen molar-refractivity contribution in [3.8, 4) is 5.75 Å². The zero-order chi connectivity index (χ0) is 16.7. The topological polar surface area (TPSA) is 63.7 Å². The summed E-state index contributed by atoms with van der Waals surface area (Å²) in [7, 11) is -3.17. The van der Waals surface area contributed by atoms with Crippen molar-refractivity contribution in [1.82, 2.24) is 4.31 Å². The molecule has 126 valence electrons. The number of benzene rings is 1. The summed E-state index contributed by atoms with van der Waals surface area (Å²) in [6, 6.07) is 5.78. The fourth-order valence-electron chi connectivity index (χ4n) is 3.39. The van der Waals surface area contributed by atoms with Crippen LogP contribution in [0.5, 0.6) is 5.75 Å². The lowest BCUT2D eigenvalue weighted by molar-refractivity contribution is 0.00591. The van der Waals surface area contributed by atoms with Gasteiger partial charge in [0.2, 0.25) is 10.0 Å². The van der Waals surface area contributed by atoms with Gasteiger partial charge >= 0.3 is 0 Å². The van der Waals surface area contributed by atoms with Crippen LogP contribution in [-0.2, 0) is 16.4 Å². The van der Waals surface area contributed by atoms with Crippen molar-refractivity contribution >= 4 is 15.8 Å². The lowest BCUT2D eigenvalue weighted by atomic mass is 9.82. The molecule has 3 rings (SSSR count). The lowest BCUT2D eigenvalue weighted by Gasteiger charge is -2.43. The minimum absolute atomic E-state index is 0.105. The Morgan fingerprint density at radius 1 is 1.22 bits per heavy atom. The second-order valence-electron chi connectivity index (χ2n) is 6.37. The molecule has 0 aliphatic carbocycles. The largest absolute Gasteiger partial charge is 0.486 e. The molecular formula is C17H23NO4S. The standard InChI is InChI=1S/C17H23NO4S/c1-3-13-5-6-16-14(11-13)15(19)12-17(22-16)7-9-18(10-8-17)23(20,21)4-2/h5-6,11H,3-4,7-10,12H2,1-2H3. The molecule has 0 N–H and O–H groups in total. The molecule has 5 nitrogen and oxygen atoms in total. The Kier molecular flexibility index (Phi) is 4.23. The summed E-state index contributed by atoms with van der Waals surface area (Å²) < 4.78 is 31.7. The van der Waals surface area contributed by atoms with Gasteiger partial charge in [0.05, 0.1) is 17.7 Å². The SMILES string of the molecule is CCc1ccc2c(c1)C(=O)CC1(CCN(S(=O)(=O)CC)CC1)O2. The van der Waals surface area contributed by atoms with E-state index in [4.69, 9.17) is 4.74 Å². The van der Waals surface area contributed by atoms with E-state index in [1.807, 2.05) is 18.2 Å². The van der Waals surface area contributed by atoms with Crippen molar-refractivity contribution in [2.45, 2.75) is 45.1 Å². The number of piperidine rings is 1. The third-order valence-corrected chi connectivity index (χ3v) is 6.84. The smallest absolute Gasteiger partial charge is 0.213 e. The maximum absolute atomic E-state index is 12.5. The van der Waals surface area contributed by atoms with Gasteiger partial charge in [-0.15, -0.1) is 0 Å². The predicted octanol–water partition coefficient (Wildman–Crippen LogP) is 2.40. The molecule has 1 spiro atoms. The molecule has 0 bridgehead atoms. The Balaban J connectivity index is 1.80.